The molecule has 0 heterocycles. The van der Waals surface area contributed by atoms with Crippen LogP contribution < -0.4 is 0 Å². The third-order valence-electron chi connectivity index (χ3n) is 2.88. The van der Waals surface area contributed by atoms with Crippen LogP contribution in [0.3, 0.4) is 0 Å². The highest BCUT2D eigenvalue weighted by atomic mass is 28.2. The summed E-state index contributed by atoms with van der Waals surface area (Å²) in [4.78, 5) is 11.2. The lowest BCUT2D eigenvalue weighted by molar-refractivity contribution is -0.248. The molecule has 0 radical (unpaired) electrons. The molecule has 0 aromatic carbocycles. The van der Waals surface area contributed by atoms with Gasteiger partial charge in [0, 0.05) is 5.57 Å². The van der Waals surface area contributed by atoms with Gasteiger partial charge in [0.15, 0.2) is 9.76 Å². The Balaban J connectivity index is 3.71. The number of ether oxygens (including phenoxy) is 3. The molecule has 130 valence electrons. The van der Waals surface area contributed by atoms with Crippen molar-refractivity contribution in [3.8, 4) is 0 Å². The maximum Gasteiger partial charge on any atom is 0.333 e. The predicted octanol–water partition coefficient (Wildman–Crippen LogP) is 2.93. The predicted molar refractivity (Wildman–Crippen MR) is 90.3 cm³/mol. The number of hydrogen-bond acceptors (Lipinski definition) is 5. The number of carbonyl (C=O) groups excluding carboxylic acids is 1. The minimum absolute atomic E-state index is 0.328. The minimum Gasteiger partial charge on any atom is -0.462 e. The van der Waals surface area contributed by atoms with Crippen LogP contribution in [0.5, 0.6) is 0 Å². The third kappa shape index (κ3) is 13.0. The Labute approximate surface area is 137 Å². The number of hydrogen-bond donors (Lipinski definition) is 0. The highest BCUT2D eigenvalue weighted by molar-refractivity contribution is 6.27. The lowest BCUT2D eigenvalue weighted by atomic mass is 10.4. The number of rotatable bonds is 15. The minimum atomic E-state index is -0.733. The lowest BCUT2D eigenvalue weighted by Crippen LogP contribution is -2.24. The van der Waals surface area contributed by atoms with Crippen LogP contribution in [0.4, 0.5) is 0 Å². The topological polar surface area (TPSA) is 54.0 Å². The van der Waals surface area contributed by atoms with E-state index in [2.05, 4.69) is 20.4 Å². The van der Waals surface area contributed by atoms with Crippen molar-refractivity contribution in [2.75, 3.05) is 19.8 Å². The molecule has 5 nitrogen and oxygen atoms in total. The Hall–Kier alpha value is -0.693. The van der Waals surface area contributed by atoms with Gasteiger partial charge < -0.3 is 18.6 Å². The van der Waals surface area contributed by atoms with Gasteiger partial charge >= 0.3 is 5.97 Å². The third-order valence-corrected chi connectivity index (χ3v) is 4.17. The average molecular weight is 333 g/mol. The van der Waals surface area contributed by atoms with E-state index < -0.39 is 16.2 Å². The van der Waals surface area contributed by atoms with Crippen LogP contribution in [0.1, 0.15) is 52.9 Å². The summed E-state index contributed by atoms with van der Waals surface area (Å²) in [5.41, 5.74) is 0.433. The second-order valence-corrected chi connectivity index (χ2v) is 6.68. The maximum absolute atomic E-state index is 11.2. The first-order chi connectivity index (χ1) is 10.6. The summed E-state index contributed by atoms with van der Waals surface area (Å²) >= 11 is 0. The summed E-state index contributed by atoms with van der Waals surface area (Å²) in [7, 11) is -0.733. The molecule has 0 fully saturated rings. The average Bonchev–Trinajstić information content (AvgIpc) is 2.50. The normalized spacial score (nSPS) is 11.5. The van der Waals surface area contributed by atoms with Gasteiger partial charge in [0.1, 0.15) is 0 Å². The summed E-state index contributed by atoms with van der Waals surface area (Å²) in [5, 5.41) is 0. The van der Waals surface area contributed by atoms with Crippen molar-refractivity contribution >= 4 is 15.7 Å². The van der Waals surface area contributed by atoms with Crippen LogP contribution in [0.15, 0.2) is 12.2 Å². The molecule has 0 spiro atoms. The van der Waals surface area contributed by atoms with Gasteiger partial charge in [-0.3, -0.25) is 0 Å². The van der Waals surface area contributed by atoms with Crippen molar-refractivity contribution in [1.29, 1.82) is 0 Å². The second kappa shape index (κ2) is 15.2. The van der Waals surface area contributed by atoms with Gasteiger partial charge in [0.2, 0.25) is 0 Å². The molecule has 0 unspecified atom stereocenters. The Morgan fingerprint density at radius 1 is 1.05 bits per heavy atom. The first kappa shape index (κ1) is 21.3. The molecular formula is C16H32O5Si. The molecule has 22 heavy (non-hydrogen) atoms. The van der Waals surface area contributed by atoms with Crippen molar-refractivity contribution in [2.24, 2.45) is 0 Å². The molecule has 0 saturated heterocycles. The fourth-order valence-corrected chi connectivity index (χ4v) is 2.42. The Bertz CT molecular complexity index is 286. The van der Waals surface area contributed by atoms with Gasteiger partial charge in [-0.1, -0.05) is 33.3 Å². The van der Waals surface area contributed by atoms with E-state index in [0.29, 0.717) is 25.4 Å². The highest BCUT2D eigenvalue weighted by Gasteiger charge is 2.09. The molecule has 6 heteroatoms. The molecule has 0 aliphatic rings. The van der Waals surface area contributed by atoms with E-state index in [1.807, 2.05) is 0 Å². The molecular weight excluding hydrogens is 300 g/mol. The lowest BCUT2D eigenvalue weighted by Gasteiger charge is -2.19. The van der Waals surface area contributed by atoms with E-state index in [-0.39, 0.29) is 5.97 Å². The molecule has 0 aliphatic heterocycles. The van der Waals surface area contributed by atoms with Crippen LogP contribution in [-0.2, 0) is 23.4 Å². The molecule has 0 atom stereocenters. The van der Waals surface area contributed by atoms with E-state index in [9.17, 15) is 4.79 Å². The number of esters is 1. The molecule has 0 aromatic heterocycles. The zero-order valence-electron chi connectivity index (χ0n) is 14.4. The fraction of sp³-hybridized carbons (Fsp3) is 0.812. The maximum atomic E-state index is 11.2. The van der Waals surface area contributed by atoms with Gasteiger partial charge in [0.25, 0.3) is 6.48 Å². The van der Waals surface area contributed by atoms with E-state index in [1.165, 1.54) is 0 Å². The smallest absolute Gasteiger partial charge is 0.333 e. The van der Waals surface area contributed by atoms with Crippen LogP contribution in [0.2, 0.25) is 6.04 Å². The molecule has 0 saturated carbocycles. The van der Waals surface area contributed by atoms with Crippen molar-refractivity contribution in [3.63, 3.8) is 0 Å². The van der Waals surface area contributed by atoms with E-state index in [4.69, 9.17) is 18.6 Å². The molecule has 0 amide bonds. The Morgan fingerprint density at radius 2 is 1.64 bits per heavy atom. The summed E-state index contributed by atoms with van der Waals surface area (Å²) in [6, 6.07) is 0.925. The largest absolute Gasteiger partial charge is 0.462 e. The number of unbranched alkanes of at least 4 members (excludes halogenated alkanes) is 2. The summed E-state index contributed by atoms with van der Waals surface area (Å²) in [6.45, 7) is 10.7. The van der Waals surface area contributed by atoms with E-state index >= 15 is 0 Å². The monoisotopic (exact) mass is 332 g/mol. The zero-order chi connectivity index (χ0) is 16.6. The van der Waals surface area contributed by atoms with Crippen molar-refractivity contribution < 1.29 is 23.4 Å². The first-order valence-electron chi connectivity index (χ1n) is 8.29. The second-order valence-electron chi connectivity index (χ2n) is 5.23. The van der Waals surface area contributed by atoms with Crippen LogP contribution in [0, 0.1) is 0 Å². The summed E-state index contributed by atoms with van der Waals surface area (Å²) in [5.74, 6) is -0.328. The quantitative estimate of drug-likeness (QED) is 0.152. The van der Waals surface area contributed by atoms with Gasteiger partial charge in [-0.05, 0) is 32.2 Å². The van der Waals surface area contributed by atoms with Crippen LogP contribution in [-0.4, -0.2) is 42.0 Å². The molecule has 0 N–H and O–H groups in total. The van der Waals surface area contributed by atoms with E-state index in [1.54, 1.807) is 6.92 Å². The molecule has 0 aromatic rings. The zero-order valence-corrected chi connectivity index (χ0v) is 15.8. The fourth-order valence-electron chi connectivity index (χ4n) is 1.46. The van der Waals surface area contributed by atoms with Gasteiger partial charge in [-0.2, -0.15) is 0 Å². The van der Waals surface area contributed by atoms with E-state index in [0.717, 1.165) is 38.1 Å². The van der Waals surface area contributed by atoms with Crippen molar-refractivity contribution in [3.05, 3.63) is 12.2 Å². The molecule has 0 aliphatic carbocycles. The van der Waals surface area contributed by atoms with Crippen molar-refractivity contribution in [2.45, 2.75) is 65.4 Å². The Kier molecular flexibility index (Phi) is 14.7. The SMILES string of the molecule is C=C(C)C(=O)OCCC[SiH2]OC(OCCCC)OCCCC. The first-order valence-corrected chi connectivity index (χ1v) is 9.87. The van der Waals surface area contributed by atoms with Crippen LogP contribution >= 0.6 is 0 Å². The number of carbonyl (C=O) groups is 1. The summed E-state index contributed by atoms with van der Waals surface area (Å²) in [6.07, 6.45) is 5.01. The molecule has 0 rings (SSSR count). The van der Waals surface area contributed by atoms with Gasteiger partial charge in [0.05, 0.1) is 19.8 Å². The van der Waals surface area contributed by atoms with Gasteiger partial charge in [-0.25, -0.2) is 4.79 Å². The van der Waals surface area contributed by atoms with Gasteiger partial charge in [-0.15, -0.1) is 0 Å². The highest BCUT2D eigenvalue weighted by Crippen LogP contribution is 2.04. The van der Waals surface area contributed by atoms with Crippen LogP contribution in [0.25, 0.3) is 0 Å². The molecule has 0 bridgehead atoms. The standard InChI is InChI=1S/C16H32O5Si/c1-5-7-10-19-16(20-11-8-6-2)21-22-13-9-12-18-15(17)14(3)4/h16H,3,5-13,22H2,1-2,4H3. The van der Waals surface area contributed by atoms with Crippen molar-refractivity contribution in [1.82, 2.24) is 0 Å². The Morgan fingerprint density at radius 3 is 2.14 bits per heavy atom. The summed E-state index contributed by atoms with van der Waals surface area (Å²) < 4.78 is 22.0.